The molecule has 0 amide bonds. The first kappa shape index (κ1) is 22.9. The van der Waals surface area contributed by atoms with Gasteiger partial charge in [0, 0.05) is 29.0 Å². The number of halogens is 1. The third kappa shape index (κ3) is 4.74. The molecule has 0 spiro atoms. The van der Waals surface area contributed by atoms with Crippen LogP contribution in [-0.4, -0.2) is 12.6 Å². The molecule has 0 radical (unpaired) electrons. The van der Waals surface area contributed by atoms with Crippen molar-refractivity contribution in [3.63, 3.8) is 0 Å². The number of rotatable bonds is 7. The van der Waals surface area contributed by atoms with Crippen molar-refractivity contribution in [3.05, 3.63) is 86.2 Å². The van der Waals surface area contributed by atoms with Crippen LogP contribution in [0.25, 0.3) is 21.7 Å². The number of aryl methyl sites for hydroxylation is 2. The molecule has 4 rings (SSSR count). The highest BCUT2D eigenvalue weighted by molar-refractivity contribution is 6.32. The predicted molar refractivity (Wildman–Crippen MR) is 130 cm³/mol. The number of hydrogen-bond donors (Lipinski definition) is 0. The zero-order valence-corrected chi connectivity index (χ0v) is 19.6. The van der Waals surface area contributed by atoms with Crippen molar-refractivity contribution in [1.82, 2.24) is 0 Å². The topological polar surface area (TPSA) is 65.7 Å². The zero-order valence-electron chi connectivity index (χ0n) is 18.9. The molecule has 0 saturated heterocycles. The van der Waals surface area contributed by atoms with Crippen LogP contribution >= 0.6 is 11.6 Å². The summed E-state index contributed by atoms with van der Waals surface area (Å²) < 4.78 is 16.6. The van der Waals surface area contributed by atoms with E-state index in [4.69, 9.17) is 25.5 Å². The normalized spacial score (nSPS) is 11.2. The lowest BCUT2D eigenvalue weighted by Gasteiger charge is -2.14. The first-order valence-corrected chi connectivity index (χ1v) is 11.3. The molecule has 0 bridgehead atoms. The summed E-state index contributed by atoms with van der Waals surface area (Å²) in [4.78, 5) is 24.3. The smallest absolute Gasteiger partial charge is 0.339 e. The fourth-order valence-electron chi connectivity index (χ4n) is 4.04. The van der Waals surface area contributed by atoms with Crippen molar-refractivity contribution < 1.29 is 18.7 Å². The molecular formula is C27H25ClO5. The molecule has 1 aromatic heterocycles. The molecule has 6 heteroatoms. The number of hydrogen-bond acceptors (Lipinski definition) is 5. The second-order valence-corrected chi connectivity index (χ2v) is 8.35. The SMILES string of the molecule is CCOC(=O)CCc1c(C)c2cc(Cl)c(OCc3c(C)ccc4ccccc34)cc2oc1=O. The van der Waals surface area contributed by atoms with Crippen LogP contribution in [0.4, 0.5) is 0 Å². The Bertz CT molecular complexity index is 1400. The van der Waals surface area contributed by atoms with Gasteiger partial charge in [0.25, 0.3) is 0 Å². The molecule has 0 N–H and O–H groups in total. The van der Waals surface area contributed by atoms with Crippen LogP contribution in [-0.2, 0) is 22.6 Å². The first-order valence-electron chi connectivity index (χ1n) is 10.9. The van der Waals surface area contributed by atoms with Crippen LogP contribution in [0.3, 0.4) is 0 Å². The standard InChI is InChI=1S/C27H25ClO5/c1-4-31-26(29)12-11-19-17(3)21-13-23(28)25(14-24(21)33-27(19)30)32-15-22-16(2)9-10-18-7-5-6-8-20(18)22/h5-10,13-14H,4,11-12,15H2,1-3H3. The summed E-state index contributed by atoms with van der Waals surface area (Å²) in [5.74, 6) is 0.0974. The van der Waals surface area contributed by atoms with Gasteiger partial charge in [-0.15, -0.1) is 0 Å². The van der Waals surface area contributed by atoms with Crippen molar-refractivity contribution in [2.24, 2.45) is 0 Å². The largest absolute Gasteiger partial charge is 0.487 e. The van der Waals surface area contributed by atoms with Crippen LogP contribution in [0.2, 0.25) is 5.02 Å². The Hall–Kier alpha value is -3.31. The Morgan fingerprint density at radius 2 is 1.82 bits per heavy atom. The van der Waals surface area contributed by atoms with Crippen molar-refractivity contribution in [3.8, 4) is 5.75 Å². The Morgan fingerprint density at radius 1 is 1.03 bits per heavy atom. The molecule has 170 valence electrons. The van der Waals surface area contributed by atoms with Crippen LogP contribution in [0, 0.1) is 13.8 Å². The molecule has 4 aromatic rings. The van der Waals surface area contributed by atoms with Gasteiger partial charge < -0.3 is 13.9 Å². The third-order valence-corrected chi connectivity index (χ3v) is 6.17. The van der Waals surface area contributed by atoms with Gasteiger partial charge in [0.1, 0.15) is 17.9 Å². The Labute approximate surface area is 196 Å². The van der Waals surface area contributed by atoms with Crippen molar-refractivity contribution in [2.45, 2.75) is 40.2 Å². The van der Waals surface area contributed by atoms with Gasteiger partial charge in [0.05, 0.1) is 11.6 Å². The number of carbonyl (C=O) groups excluding carboxylic acids is 1. The fraction of sp³-hybridized carbons (Fsp3) is 0.259. The van der Waals surface area contributed by atoms with E-state index in [1.807, 2.05) is 26.0 Å². The van der Waals surface area contributed by atoms with Crippen molar-refractivity contribution >= 4 is 39.3 Å². The fourth-order valence-corrected chi connectivity index (χ4v) is 4.25. The van der Waals surface area contributed by atoms with Gasteiger partial charge in [-0.1, -0.05) is 48.0 Å². The first-order chi connectivity index (χ1) is 15.9. The minimum absolute atomic E-state index is 0.115. The number of benzene rings is 3. The molecule has 3 aromatic carbocycles. The lowest BCUT2D eigenvalue weighted by Crippen LogP contribution is -2.13. The molecule has 0 aliphatic rings. The van der Waals surface area contributed by atoms with Gasteiger partial charge in [0.2, 0.25) is 0 Å². The second-order valence-electron chi connectivity index (χ2n) is 7.95. The van der Waals surface area contributed by atoms with E-state index in [0.717, 1.165) is 27.5 Å². The summed E-state index contributed by atoms with van der Waals surface area (Å²) in [5, 5.41) is 3.41. The lowest BCUT2D eigenvalue weighted by molar-refractivity contribution is -0.143. The summed E-state index contributed by atoms with van der Waals surface area (Å²) in [6.45, 7) is 6.26. The second kappa shape index (κ2) is 9.67. The summed E-state index contributed by atoms with van der Waals surface area (Å²) in [5.41, 5.74) is 3.32. The van der Waals surface area contributed by atoms with Gasteiger partial charge in [-0.05, 0) is 55.2 Å². The van der Waals surface area contributed by atoms with E-state index >= 15 is 0 Å². The Morgan fingerprint density at radius 3 is 2.61 bits per heavy atom. The minimum atomic E-state index is -0.470. The van der Waals surface area contributed by atoms with Gasteiger partial charge in [-0.3, -0.25) is 4.79 Å². The summed E-state index contributed by atoms with van der Waals surface area (Å²) in [6, 6.07) is 15.7. The Kier molecular flexibility index (Phi) is 6.70. The van der Waals surface area contributed by atoms with Gasteiger partial charge >= 0.3 is 11.6 Å². The summed E-state index contributed by atoms with van der Waals surface area (Å²) in [6.07, 6.45) is 0.365. The van der Waals surface area contributed by atoms with Crippen LogP contribution in [0.1, 0.15) is 35.6 Å². The minimum Gasteiger partial charge on any atom is -0.487 e. The number of ether oxygens (including phenoxy) is 2. The van der Waals surface area contributed by atoms with Gasteiger partial charge in [0.15, 0.2) is 0 Å². The zero-order chi connectivity index (χ0) is 23.5. The van der Waals surface area contributed by atoms with Crippen molar-refractivity contribution in [1.29, 1.82) is 0 Å². The maximum Gasteiger partial charge on any atom is 0.339 e. The number of carbonyl (C=O) groups is 1. The summed E-state index contributed by atoms with van der Waals surface area (Å²) >= 11 is 6.54. The molecule has 5 nitrogen and oxygen atoms in total. The highest BCUT2D eigenvalue weighted by Gasteiger charge is 2.16. The molecule has 0 saturated carbocycles. The molecule has 1 heterocycles. The maximum absolute atomic E-state index is 12.6. The number of fused-ring (bicyclic) bond motifs is 2. The molecule has 0 unspecified atom stereocenters. The number of esters is 1. The van der Waals surface area contributed by atoms with Crippen LogP contribution in [0.5, 0.6) is 5.75 Å². The molecule has 0 aliphatic carbocycles. The van der Waals surface area contributed by atoms with E-state index in [9.17, 15) is 9.59 Å². The molecule has 0 atom stereocenters. The van der Waals surface area contributed by atoms with Crippen LogP contribution in [0.15, 0.2) is 57.7 Å². The predicted octanol–water partition coefficient (Wildman–Crippen LogP) is 6.29. The monoisotopic (exact) mass is 464 g/mol. The van der Waals surface area contributed by atoms with E-state index in [1.54, 1.807) is 19.1 Å². The average Bonchev–Trinajstić information content (AvgIpc) is 2.79. The molecule has 33 heavy (non-hydrogen) atoms. The highest BCUT2D eigenvalue weighted by atomic mass is 35.5. The van der Waals surface area contributed by atoms with Crippen molar-refractivity contribution in [2.75, 3.05) is 6.61 Å². The summed E-state index contributed by atoms with van der Waals surface area (Å²) in [7, 11) is 0. The van der Waals surface area contributed by atoms with E-state index in [2.05, 4.69) is 24.3 Å². The molecular weight excluding hydrogens is 440 g/mol. The van der Waals surface area contributed by atoms with E-state index in [1.165, 1.54) is 0 Å². The lowest BCUT2D eigenvalue weighted by atomic mass is 10.0. The third-order valence-electron chi connectivity index (χ3n) is 5.87. The Balaban J connectivity index is 1.64. The molecule has 0 fully saturated rings. The van der Waals surface area contributed by atoms with E-state index in [-0.39, 0.29) is 18.8 Å². The van der Waals surface area contributed by atoms with Gasteiger partial charge in [-0.2, -0.15) is 0 Å². The van der Waals surface area contributed by atoms with E-state index < -0.39 is 5.63 Å². The molecule has 0 aliphatic heterocycles. The quantitative estimate of drug-likeness (QED) is 0.237. The van der Waals surface area contributed by atoms with Gasteiger partial charge in [-0.25, -0.2) is 4.79 Å². The highest BCUT2D eigenvalue weighted by Crippen LogP contribution is 2.33. The van der Waals surface area contributed by atoms with Crippen LogP contribution < -0.4 is 10.4 Å². The van der Waals surface area contributed by atoms with E-state index in [0.29, 0.717) is 40.5 Å². The maximum atomic E-state index is 12.6. The average molecular weight is 465 g/mol.